The summed E-state index contributed by atoms with van der Waals surface area (Å²) < 4.78 is 19.4. The molecule has 33 heavy (non-hydrogen) atoms. The highest BCUT2D eigenvalue weighted by atomic mass is 19.1. The van der Waals surface area contributed by atoms with Crippen LogP contribution in [0.25, 0.3) is 55.8 Å². The number of nitrogens with zero attached hydrogens (tertiary/aromatic N) is 4. The summed E-state index contributed by atoms with van der Waals surface area (Å²) in [6.07, 6.45) is 5.21. The Labute approximate surface area is 187 Å². The molecule has 1 aromatic carbocycles. The van der Waals surface area contributed by atoms with Crippen molar-refractivity contribution in [2.45, 2.75) is 0 Å². The molecule has 2 N–H and O–H groups in total. The molecule has 0 saturated heterocycles. The van der Waals surface area contributed by atoms with Crippen LogP contribution >= 0.6 is 0 Å². The van der Waals surface area contributed by atoms with E-state index in [0.29, 0.717) is 22.6 Å². The van der Waals surface area contributed by atoms with Crippen molar-refractivity contribution >= 4 is 22.1 Å². The van der Waals surface area contributed by atoms with Crippen molar-refractivity contribution in [2.75, 3.05) is 7.11 Å². The average Bonchev–Trinajstić information content (AvgIpc) is 3.47. The Kier molecular flexibility index (Phi) is 4.36. The van der Waals surface area contributed by atoms with Crippen molar-refractivity contribution in [3.8, 4) is 39.5 Å². The number of benzene rings is 1. The minimum Gasteiger partial charge on any atom is -0.497 e. The van der Waals surface area contributed by atoms with Crippen molar-refractivity contribution in [3.63, 3.8) is 0 Å². The van der Waals surface area contributed by atoms with Gasteiger partial charge in [0.2, 0.25) is 0 Å². The number of aromatic amines is 2. The van der Waals surface area contributed by atoms with Crippen molar-refractivity contribution in [1.82, 2.24) is 30.1 Å². The number of nitrogens with one attached hydrogen (secondary N) is 2. The van der Waals surface area contributed by atoms with E-state index in [9.17, 15) is 4.39 Å². The molecule has 0 aliphatic carbocycles. The molecule has 5 aromatic heterocycles. The van der Waals surface area contributed by atoms with Crippen LogP contribution in [0.1, 0.15) is 0 Å². The summed E-state index contributed by atoms with van der Waals surface area (Å²) in [5.41, 5.74) is 6.16. The number of hydrogen-bond donors (Lipinski definition) is 2. The second-order valence-electron chi connectivity index (χ2n) is 7.59. The van der Waals surface area contributed by atoms with Crippen molar-refractivity contribution in [2.24, 2.45) is 0 Å². The Balaban J connectivity index is 1.50. The number of fused-ring (bicyclic) bond motifs is 2. The Bertz CT molecular complexity index is 1620. The fraction of sp³-hybridized carbons (Fsp3) is 0.0400. The maximum absolute atomic E-state index is 14.2. The summed E-state index contributed by atoms with van der Waals surface area (Å²) in [4.78, 5) is 16.7. The topological polar surface area (TPSA) is 92.4 Å². The number of pyridine rings is 3. The fourth-order valence-electron chi connectivity index (χ4n) is 4.03. The minimum atomic E-state index is -0.363. The van der Waals surface area contributed by atoms with Crippen LogP contribution in [0.15, 0.2) is 73.2 Å². The number of H-pyrrole nitrogens is 2. The normalized spacial score (nSPS) is 11.3. The maximum atomic E-state index is 14.2. The molecule has 0 unspecified atom stereocenters. The lowest BCUT2D eigenvalue weighted by Gasteiger charge is -2.06. The molecule has 7 nitrogen and oxygen atoms in total. The molecule has 0 amide bonds. The zero-order valence-corrected chi connectivity index (χ0v) is 17.5. The summed E-state index contributed by atoms with van der Waals surface area (Å²) in [5.74, 6) is 0.0937. The van der Waals surface area contributed by atoms with E-state index < -0.39 is 0 Å². The number of hydrogen-bond acceptors (Lipinski definition) is 5. The largest absolute Gasteiger partial charge is 0.497 e. The maximum Gasteiger partial charge on any atom is 0.181 e. The van der Waals surface area contributed by atoms with Gasteiger partial charge in [0, 0.05) is 41.0 Å². The molecule has 160 valence electrons. The molecule has 5 heterocycles. The van der Waals surface area contributed by atoms with Gasteiger partial charge < -0.3 is 9.72 Å². The van der Waals surface area contributed by atoms with Crippen molar-refractivity contribution in [1.29, 1.82) is 0 Å². The van der Waals surface area contributed by atoms with Gasteiger partial charge in [0.05, 0.1) is 24.2 Å². The Morgan fingerprint density at radius 3 is 2.67 bits per heavy atom. The predicted octanol–water partition coefficient (Wildman–Crippen LogP) is 5.38. The van der Waals surface area contributed by atoms with Gasteiger partial charge in [-0.25, -0.2) is 14.4 Å². The highest BCUT2D eigenvalue weighted by Crippen LogP contribution is 2.35. The Hall–Kier alpha value is -4.59. The monoisotopic (exact) mass is 436 g/mol. The molecule has 0 spiro atoms. The molecule has 0 aliphatic heterocycles. The predicted molar refractivity (Wildman–Crippen MR) is 124 cm³/mol. The summed E-state index contributed by atoms with van der Waals surface area (Å²) in [6.45, 7) is 0. The quantitative estimate of drug-likeness (QED) is 0.387. The van der Waals surface area contributed by atoms with E-state index in [1.54, 1.807) is 24.7 Å². The number of aromatic nitrogens is 6. The SMILES string of the molecule is COc1cc(F)cc(-c2ccnc3[nH]c(-c4[nH]nc5ncc(-c6ccccn6)cc45)cc23)c1. The first-order valence-corrected chi connectivity index (χ1v) is 10.3. The second-order valence-corrected chi connectivity index (χ2v) is 7.59. The molecule has 0 atom stereocenters. The van der Waals surface area contributed by atoms with Gasteiger partial charge in [0.25, 0.3) is 0 Å². The summed E-state index contributed by atoms with van der Waals surface area (Å²) in [5, 5.41) is 9.15. The van der Waals surface area contributed by atoms with E-state index in [1.165, 1.54) is 19.2 Å². The van der Waals surface area contributed by atoms with E-state index >= 15 is 0 Å². The zero-order valence-electron chi connectivity index (χ0n) is 17.5. The van der Waals surface area contributed by atoms with Gasteiger partial charge in [-0.05, 0) is 53.6 Å². The van der Waals surface area contributed by atoms with Crippen molar-refractivity contribution < 1.29 is 9.13 Å². The van der Waals surface area contributed by atoms with Crippen LogP contribution in [0.4, 0.5) is 4.39 Å². The van der Waals surface area contributed by atoms with Crippen LogP contribution in [0.2, 0.25) is 0 Å². The molecule has 0 bridgehead atoms. The lowest BCUT2D eigenvalue weighted by molar-refractivity contribution is 0.411. The van der Waals surface area contributed by atoms with Crippen LogP contribution in [0.5, 0.6) is 5.75 Å². The van der Waals surface area contributed by atoms with Gasteiger partial charge in [-0.15, -0.1) is 0 Å². The van der Waals surface area contributed by atoms with E-state index in [0.717, 1.165) is 39.0 Å². The first-order chi connectivity index (χ1) is 16.2. The molecular weight excluding hydrogens is 419 g/mol. The first kappa shape index (κ1) is 19.1. The smallest absolute Gasteiger partial charge is 0.181 e. The summed E-state index contributed by atoms with van der Waals surface area (Å²) in [7, 11) is 1.52. The van der Waals surface area contributed by atoms with Gasteiger partial charge in [-0.2, -0.15) is 5.10 Å². The average molecular weight is 436 g/mol. The third-order valence-corrected chi connectivity index (χ3v) is 5.59. The Morgan fingerprint density at radius 1 is 0.879 bits per heavy atom. The number of methoxy groups -OCH3 is 1. The number of rotatable bonds is 4. The molecular formula is C25H17FN6O. The molecule has 0 aliphatic rings. The molecule has 0 radical (unpaired) electrons. The summed E-state index contributed by atoms with van der Waals surface area (Å²) in [6, 6.07) is 16.3. The van der Waals surface area contributed by atoms with E-state index in [-0.39, 0.29) is 5.82 Å². The third kappa shape index (κ3) is 3.28. The molecule has 0 saturated carbocycles. The summed E-state index contributed by atoms with van der Waals surface area (Å²) >= 11 is 0. The number of ether oxygens (including phenoxy) is 1. The van der Waals surface area contributed by atoms with Gasteiger partial charge in [0.15, 0.2) is 5.65 Å². The fourth-order valence-corrected chi connectivity index (χ4v) is 4.03. The minimum absolute atomic E-state index is 0.363. The van der Waals surface area contributed by atoms with Crippen LogP contribution in [0.3, 0.4) is 0 Å². The van der Waals surface area contributed by atoms with Crippen LogP contribution in [-0.2, 0) is 0 Å². The third-order valence-electron chi connectivity index (χ3n) is 5.59. The standard InChI is InChI=1S/C25H17FN6O/c1-33-17-9-14(8-16(26)11-17)18-5-7-28-24-19(18)12-22(30-24)23-20-10-15(13-29-25(20)32-31-23)21-4-2-3-6-27-21/h2-13H,1H3,(H,28,30)(H,29,31,32). The van der Waals surface area contributed by atoms with Crippen LogP contribution in [-0.4, -0.2) is 37.2 Å². The lowest BCUT2D eigenvalue weighted by Crippen LogP contribution is -1.88. The lowest BCUT2D eigenvalue weighted by atomic mass is 10.0. The van der Waals surface area contributed by atoms with E-state index in [2.05, 4.69) is 30.1 Å². The van der Waals surface area contributed by atoms with E-state index in [4.69, 9.17) is 4.74 Å². The van der Waals surface area contributed by atoms with Gasteiger partial charge in [-0.3, -0.25) is 10.1 Å². The second kappa shape index (κ2) is 7.52. The van der Waals surface area contributed by atoms with Crippen molar-refractivity contribution in [3.05, 3.63) is 79.0 Å². The Morgan fingerprint density at radius 2 is 1.82 bits per heavy atom. The first-order valence-electron chi connectivity index (χ1n) is 10.3. The van der Waals surface area contributed by atoms with Gasteiger partial charge in [0.1, 0.15) is 17.2 Å². The molecule has 6 rings (SSSR count). The molecule has 0 fully saturated rings. The molecule has 6 aromatic rings. The molecule has 8 heteroatoms. The van der Waals surface area contributed by atoms with Crippen LogP contribution in [0, 0.1) is 5.82 Å². The van der Waals surface area contributed by atoms with Gasteiger partial charge >= 0.3 is 0 Å². The number of halogens is 1. The van der Waals surface area contributed by atoms with E-state index in [1.807, 2.05) is 36.4 Å². The highest BCUT2D eigenvalue weighted by molar-refractivity contribution is 5.99. The highest BCUT2D eigenvalue weighted by Gasteiger charge is 2.16. The zero-order chi connectivity index (χ0) is 22.4. The van der Waals surface area contributed by atoms with Gasteiger partial charge in [-0.1, -0.05) is 6.07 Å². The van der Waals surface area contributed by atoms with Crippen LogP contribution < -0.4 is 4.74 Å².